The van der Waals surface area contributed by atoms with Crippen LogP contribution < -0.4 is 0 Å². The molecule has 0 N–H and O–H groups in total. The topological polar surface area (TPSA) is 40.6 Å². The molecule has 0 atom stereocenters. The Hall–Kier alpha value is -2.18. The first-order valence-corrected chi connectivity index (χ1v) is 9.57. The molecule has 1 aliphatic rings. The molecular formula is C20H18Cl2F2N2O2. The Kier molecular flexibility index (Phi) is 6.52. The SMILES string of the molecule is O=C(CCc1cccc(Cl)c1Cl)N1CCN(C(=O)c2ccc(F)c(F)c2)CC1. The van der Waals surface area contributed by atoms with E-state index in [4.69, 9.17) is 23.2 Å². The Bertz CT molecular complexity index is 900. The summed E-state index contributed by atoms with van der Waals surface area (Å²) in [4.78, 5) is 28.1. The zero-order valence-electron chi connectivity index (χ0n) is 14.9. The van der Waals surface area contributed by atoms with Crippen molar-refractivity contribution in [2.24, 2.45) is 0 Å². The van der Waals surface area contributed by atoms with E-state index in [2.05, 4.69) is 0 Å². The number of hydrogen-bond acceptors (Lipinski definition) is 2. The fourth-order valence-electron chi connectivity index (χ4n) is 3.11. The predicted molar refractivity (Wildman–Crippen MR) is 104 cm³/mol. The number of rotatable bonds is 4. The van der Waals surface area contributed by atoms with Crippen molar-refractivity contribution in [1.29, 1.82) is 0 Å². The highest BCUT2D eigenvalue weighted by molar-refractivity contribution is 6.42. The monoisotopic (exact) mass is 426 g/mol. The van der Waals surface area contributed by atoms with Crippen LogP contribution in [0.3, 0.4) is 0 Å². The summed E-state index contributed by atoms with van der Waals surface area (Å²) < 4.78 is 26.4. The van der Waals surface area contributed by atoms with Crippen molar-refractivity contribution in [2.75, 3.05) is 26.2 Å². The Morgan fingerprint density at radius 2 is 1.61 bits per heavy atom. The summed E-state index contributed by atoms with van der Waals surface area (Å²) in [6, 6.07) is 8.40. The predicted octanol–water partition coefficient (Wildman–Crippen LogP) is 4.19. The van der Waals surface area contributed by atoms with E-state index in [1.807, 2.05) is 6.07 Å². The van der Waals surface area contributed by atoms with Crippen molar-refractivity contribution in [1.82, 2.24) is 9.80 Å². The third-order valence-corrected chi connectivity index (χ3v) is 5.58. The fourth-order valence-corrected chi connectivity index (χ4v) is 3.53. The molecule has 148 valence electrons. The van der Waals surface area contributed by atoms with E-state index in [0.29, 0.717) is 42.6 Å². The summed E-state index contributed by atoms with van der Waals surface area (Å²) in [5.41, 5.74) is 0.906. The van der Waals surface area contributed by atoms with Gasteiger partial charge < -0.3 is 9.80 Å². The molecule has 0 radical (unpaired) electrons. The number of nitrogens with zero attached hydrogens (tertiary/aromatic N) is 2. The molecule has 0 spiro atoms. The first kappa shape index (κ1) is 20.6. The minimum Gasteiger partial charge on any atom is -0.339 e. The Morgan fingerprint density at radius 1 is 0.929 bits per heavy atom. The van der Waals surface area contributed by atoms with Crippen LogP contribution in [0.15, 0.2) is 36.4 Å². The number of carbonyl (C=O) groups excluding carboxylic acids is 2. The lowest BCUT2D eigenvalue weighted by Gasteiger charge is -2.35. The molecule has 1 saturated heterocycles. The first-order chi connectivity index (χ1) is 13.4. The van der Waals surface area contributed by atoms with Crippen LogP contribution in [0.5, 0.6) is 0 Å². The van der Waals surface area contributed by atoms with Crippen molar-refractivity contribution in [2.45, 2.75) is 12.8 Å². The molecule has 1 fully saturated rings. The fraction of sp³-hybridized carbons (Fsp3) is 0.300. The highest BCUT2D eigenvalue weighted by atomic mass is 35.5. The van der Waals surface area contributed by atoms with E-state index in [0.717, 1.165) is 17.7 Å². The lowest BCUT2D eigenvalue weighted by molar-refractivity contribution is -0.132. The second-order valence-electron chi connectivity index (χ2n) is 6.51. The zero-order chi connectivity index (χ0) is 20.3. The molecule has 1 aliphatic heterocycles. The Morgan fingerprint density at radius 3 is 2.29 bits per heavy atom. The number of carbonyl (C=O) groups is 2. The van der Waals surface area contributed by atoms with Crippen LogP contribution in [-0.4, -0.2) is 47.8 Å². The molecule has 4 nitrogen and oxygen atoms in total. The van der Waals surface area contributed by atoms with Crippen molar-refractivity contribution < 1.29 is 18.4 Å². The Balaban J connectivity index is 1.53. The molecule has 2 aromatic carbocycles. The average Bonchev–Trinajstić information content (AvgIpc) is 2.70. The van der Waals surface area contributed by atoms with E-state index < -0.39 is 11.6 Å². The summed E-state index contributed by atoms with van der Waals surface area (Å²) >= 11 is 12.1. The van der Waals surface area contributed by atoms with Crippen molar-refractivity contribution in [3.63, 3.8) is 0 Å². The van der Waals surface area contributed by atoms with E-state index in [1.54, 1.807) is 17.0 Å². The van der Waals surface area contributed by atoms with Gasteiger partial charge >= 0.3 is 0 Å². The van der Waals surface area contributed by atoms with Crippen LogP contribution in [0.25, 0.3) is 0 Å². The quantitative estimate of drug-likeness (QED) is 0.735. The largest absolute Gasteiger partial charge is 0.339 e. The smallest absolute Gasteiger partial charge is 0.254 e. The van der Waals surface area contributed by atoms with Gasteiger partial charge in [0.25, 0.3) is 5.91 Å². The van der Waals surface area contributed by atoms with Crippen molar-refractivity contribution in [3.8, 4) is 0 Å². The second-order valence-corrected chi connectivity index (χ2v) is 7.30. The number of benzene rings is 2. The van der Waals surface area contributed by atoms with Gasteiger partial charge in [-0.25, -0.2) is 8.78 Å². The molecule has 8 heteroatoms. The van der Waals surface area contributed by atoms with Crippen LogP contribution in [0.2, 0.25) is 10.0 Å². The number of amides is 2. The standard InChI is InChI=1S/C20H18Cl2F2N2O2/c21-15-3-1-2-13(19(15)22)5-7-18(27)25-8-10-26(11-9-25)20(28)14-4-6-16(23)17(24)12-14/h1-4,6,12H,5,7-11H2. The molecule has 0 saturated carbocycles. The molecule has 0 aromatic heterocycles. The molecular weight excluding hydrogens is 409 g/mol. The maximum atomic E-state index is 13.3. The second kappa shape index (κ2) is 8.88. The number of hydrogen-bond donors (Lipinski definition) is 0. The summed E-state index contributed by atoms with van der Waals surface area (Å²) in [5, 5.41) is 0.912. The van der Waals surface area contributed by atoms with Crippen LogP contribution in [0.1, 0.15) is 22.3 Å². The van der Waals surface area contributed by atoms with Crippen LogP contribution in [0, 0.1) is 11.6 Å². The van der Waals surface area contributed by atoms with E-state index in [-0.39, 0.29) is 23.8 Å². The molecule has 2 aromatic rings. The molecule has 0 aliphatic carbocycles. The number of piperazine rings is 1. The van der Waals surface area contributed by atoms with Gasteiger partial charge in [-0.3, -0.25) is 9.59 Å². The van der Waals surface area contributed by atoms with E-state index in [1.165, 1.54) is 11.0 Å². The van der Waals surface area contributed by atoms with Crippen LogP contribution >= 0.6 is 23.2 Å². The highest BCUT2D eigenvalue weighted by Gasteiger charge is 2.25. The third kappa shape index (κ3) is 4.62. The summed E-state index contributed by atoms with van der Waals surface area (Å²) in [5.74, 6) is -2.46. The van der Waals surface area contributed by atoms with Gasteiger partial charge in [0.05, 0.1) is 10.0 Å². The summed E-state index contributed by atoms with van der Waals surface area (Å²) in [6.45, 7) is 1.44. The summed E-state index contributed by atoms with van der Waals surface area (Å²) in [7, 11) is 0. The molecule has 3 rings (SSSR count). The van der Waals surface area contributed by atoms with Crippen LogP contribution in [0.4, 0.5) is 8.78 Å². The van der Waals surface area contributed by atoms with Crippen molar-refractivity contribution in [3.05, 3.63) is 69.2 Å². The van der Waals surface area contributed by atoms with E-state index >= 15 is 0 Å². The summed E-state index contributed by atoms with van der Waals surface area (Å²) in [6.07, 6.45) is 0.767. The van der Waals surface area contributed by atoms with Gasteiger partial charge in [-0.1, -0.05) is 35.3 Å². The minimum absolute atomic E-state index is 0.0315. The molecule has 1 heterocycles. The lowest BCUT2D eigenvalue weighted by Crippen LogP contribution is -2.50. The van der Waals surface area contributed by atoms with Gasteiger partial charge in [-0.2, -0.15) is 0 Å². The van der Waals surface area contributed by atoms with Crippen LogP contribution in [-0.2, 0) is 11.2 Å². The van der Waals surface area contributed by atoms with Gasteiger partial charge in [-0.05, 0) is 36.2 Å². The van der Waals surface area contributed by atoms with Crippen molar-refractivity contribution >= 4 is 35.0 Å². The Labute approximate surface area is 171 Å². The van der Waals surface area contributed by atoms with Gasteiger partial charge in [0, 0.05) is 38.2 Å². The third-order valence-electron chi connectivity index (χ3n) is 4.73. The highest BCUT2D eigenvalue weighted by Crippen LogP contribution is 2.26. The normalized spacial score (nSPS) is 14.3. The maximum absolute atomic E-state index is 13.3. The molecule has 0 unspecified atom stereocenters. The zero-order valence-corrected chi connectivity index (χ0v) is 16.4. The minimum atomic E-state index is -1.06. The lowest BCUT2D eigenvalue weighted by atomic mass is 10.1. The molecule has 0 bridgehead atoms. The van der Waals surface area contributed by atoms with E-state index in [9.17, 15) is 18.4 Å². The van der Waals surface area contributed by atoms with Gasteiger partial charge in [0.2, 0.25) is 5.91 Å². The van der Waals surface area contributed by atoms with Gasteiger partial charge in [-0.15, -0.1) is 0 Å². The number of halogens is 4. The van der Waals surface area contributed by atoms with Gasteiger partial charge in [0.1, 0.15) is 0 Å². The molecule has 2 amide bonds. The molecule has 28 heavy (non-hydrogen) atoms. The maximum Gasteiger partial charge on any atom is 0.254 e. The van der Waals surface area contributed by atoms with Gasteiger partial charge in [0.15, 0.2) is 11.6 Å². The average molecular weight is 427 g/mol. The first-order valence-electron chi connectivity index (χ1n) is 8.82. The number of aryl methyl sites for hydroxylation is 1.